The number of fused-ring (bicyclic) bond motifs is 1. The Morgan fingerprint density at radius 3 is 2.23 bits per heavy atom. The van der Waals surface area contributed by atoms with Gasteiger partial charge in [0.1, 0.15) is 0 Å². The molecule has 1 aliphatic rings. The van der Waals surface area contributed by atoms with Crippen molar-refractivity contribution in [2.75, 3.05) is 17.3 Å². The van der Waals surface area contributed by atoms with Crippen LogP contribution in [-0.2, 0) is 28.9 Å². The smallest absolute Gasteiger partial charge is 0.310 e. The molecule has 2 N–H and O–H groups in total. The Kier molecular flexibility index (Phi) is 5.67. The van der Waals surface area contributed by atoms with Gasteiger partial charge in [-0.1, -0.05) is 36.4 Å². The number of aryl methyl sites for hydroxylation is 1. The maximum Gasteiger partial charge on any atom is 0.310 e. The lowest BCUT2D eigenvalue weighted by Crippen LogP contribution is -2.36. The normalized spacial score (nSPS) is 14.7. The van der Waals surface area contributed by atoms with Crippen molar-refractivity contribution in [2.45, 2.75) is 25.7 Å². The van der Waals surface area contributed by atoms with E-state index in [1.807, 2.05) is 48.5 Å². The lowest BCUT2D eigenvalue weighted by atomic mass is 9.81. The summed E-state index contributed by atoms with van der Waals surface area (Å²) in [5, 5.41) is 12.6. The molecule has 0 aromatic heterocycles. The summed E-state index contributed by atoms with van der Waals surface area (Å²) in [6, 6.07) is 15.5. The number of rotatable bonds is 7. The lowest BCUT2D eigenvalue weighted by molar-refractivity contribution is -0.150. The average Bonchev–Trinajstić information content (AvgIpc) is 3.00. The van der Waals surface area contributed by atoms with E-state index in [0.717, 1.165) is 23.3 Å². The Labute approximate surface area is 158 Å². The monoisotopic (exact) mass is 369 g/mol. The molecule has 0 saturated carbocycles. The van der Waals surface area contributed by atoms with Crippen molar-refractivity contribution in [3.63, 3.8) is 0 Å². The van der Waals surface area contributed by atoms with Gasteiger partial charge in [-0.15, -0.1) is 0 Å². The van der Waals surface area contributed by atoms with Crippen LogP contribution < -0.4 is 5.32 Å². The Hall–Kier alpha value is -2.27. The van der Waals surface area contributed by atoms with Crippen LogP contribution in [0, 0.1) is 5.41 Å². The molecule has 0 unspecified atom stereocenters. The number of amides is 1. The minimum absolute atomic E-state index is 0.0226. The number of carboxylic acids is 1. The number of thioether (sulfide) groups is 1. The molecule has 0 heterocycles. The number of carbonyl (C=O) groups excluding carboxylic acids is 1. The van der Waals surface area contributed by atoms with Gasteiger partial charge in [-0.2, -0.15) is 11.8 Å². The SMILES string of the molecule is CSCCc1ccc(NC(=O)CC2(C(=O)O)Cc3ccccc3C2)cc1. The van der Waals surface area contributed by atoms with Gasteiger partial charge >= 0.3 is 5.97 Å². The van der Waals surface area contributed by atoms with E-state index >= 15 is 0 Å². The maximum atomic E-state index is 12.5. The van der Waals surface area contributed by atoms with E-state index in [-0.39, 0.29) is 12.3 Å². The van der Waals surface area contributed by atoms with Gasteiger partial charge in [0.15, 0.2) is 0 Å². The Morgan fingerprint density at radius 2 is 1.69 bits per heavy atom. The highest BCUT2D eigenvalue weighted by molar-refractivity contribution is 7.98. The quantitative estimate of drug-likeness (QED) is 0.779. The molecule has 0 fully saturated rings. The summed E-state index contributed by atoms with van der Waals surface area (Å²) in [6.07, 6.45) is 3.86. The van der Waals surface area contributed by atoms with Crippen LogP contribution in [0.15, 0.2) is 48.5 Å². The highest BCUT2D eigenvalue weighted by atomic mass is 32.2. The molecule has 0 atom stereocenters. The van der Waals surface area contributed by atoms with Crippen molar-refractivity contribution in [2.24, 2.45) is 5.41 Å². The number of hydrogen-bond acceptors (Lipinski definition) is 3. The van der Waals surface area contributed by atoms with Crippen molar-refractivity contribution >= 4 is 29.3 Å². The maximum absolute atomic E-state index is 12.5. The third-order valence-electron chi connectivity index (χ3n) is 4.96. The molecule has 2 aromatic rings. The van der Waals surface area contributed by atoms with E-state index in [0.29, 0.717) is 18.5 Å². The zero-order valence-electron chi connectivity index (χ0n) is 14.8. The van der Waals surface area contributed by atoms with Crippen LogP contribution in [0.4, 0.5) is 5.69 Å². The fraction of sp³-hybridized carbons (Fsp3) is 0.333. The molecule has 0 saturated heterocycles. The second kappa shape index (κ2) is 7.96. The summed E-state index contributed by atoms with van der Waals surface area (Å²) in [6.45, 7) is 0. The number of carboxylic acid groups (broad SMARTS) is 1. The molecule has 0 spiro atoms. The summed E-state index contributed by atoms with van der Waals surface area (Å²) in [7, 11) is 0. The molecule has 26 heavy (non-hydrogen) atoms. The first-order chi connectivity index (χ1) is 12.5. The first-order valence-electron chi connectivity index (χ1n) is 8.70. The first-order valence-corrected chi connectivity index (χ1v) is 10.1. The molecular formula is C21H23NO3S. The molecule has 2 aromatic carbocycles. The van der Waals surface area contributed by atoms with Crippen LogP contribution >= 0.6 is 11.8 Å². The van der Waals surface area contributed by atoms with Gasteiger partial charge in [0.2, 0.25) is 5.91 Å². The minimum Gasteiger partial charge on any atom is -0.481 e. The Bertz CT molecular complexity index is 776. The van der Waals surface area contributed by atoms with Gasteiger partial charge in [0, 0.05) is 12.1 Å². The first kappa shape index (κ1) is 18.5. The Morgan fingerprint density at radius 1 is 1.08 bits per heavy atom. The number of anilines is 1. The topological polar surface area (TPSA) is 66.4 Å². The van der Waals surface area contributed by atoms with Crippen LogP contribution in [0.5, 0.6) is 0 Å². The molecule has 1 aliphatic carbocycles. The molecule has 4 nitrogen and oxygen atoms in total. The van der Waals surface area contributed by atoms with Crippen LogP contribution in [-0.4, -0.2) is 29.0 Å². The summed E-state index contributed by atoms with van der Waals surface area (Å²) in [5.41, 5.74) is 2.94. The number of nitrogens with one attached hydrogen (secondary N) is 1. The molecule has 3 rings (SSSR count). The third-order valence-corrected chi connectivity index (χ3v) is 5.57. The summed E-state index contributed by atoms with van der Waals surface area (Å²) < 4.78 is 0. The standard InChI is InChI=1S/C21H23NO3S/c1-26-11-10-15-6-8-18(9-7-15)22-19(23)14-21(20(24)25)12-16-4-2-3-5-17(16)13-21/h2-9H,10-14H2,1H3,(H,22,23)(H,24,25). The summed E-state index contributed by atoms with van der Waals surface area (Å²) >= 11 is 1.80. The van der Waals surface area contributed by atoms with Gasteiger partial charge in [0.25, 0.3) is 0 Å². The number of aliphatic carboxylic acids is 1. The molecule has 0 aliphatic heterocycles. The largest absolute Gasteiger partial charge is 0.481 e. The highest BCUT2D eigenvalue weighted by Gasteiger charge is 2.45. The second-order valence-electron chi connectivity index (χ2n) is 6.87. The lowest BCUT2D eigenvalue weighted by Gasteiger charge is -2.23. The van der Waals surface area contributed by atoms with Crippen LogP contribution in [0.3, 0.4) is 0 Å². The predicted octanol–water partition coefficient (Wildman–Crippen LogP) is 3.79. The molecular weight excluding hydrogens is 346 g/mol. The van der Waals surface area contributed by atoms with Crippen LogP contribution in [0.1, 0.15) is 23.1 Å². The van der Waals surface area contributed by atoms with Crippen molar-refractivity contribution in [3.05, 3.63) is 65.2 Å². The van der Waals surface area contributed by atoms with E-state index < -0.39 is 11.4 Å². The van der Waals surface area contributed by atoms with Crippen molar-refractivity contribution in [1.82, 2.24) is 0 Å². The molecule has 0 radical (unpaired) electrons. The summed E-state index contributed by atoms with van der Waals surface area (Å²) in [4.78, 5) is 24.5. The van der Waals surface area contributed by atoms with Gasteiger partial charge in [-0.25, -0.2) is 0 Å². The summed E-state index contributed by atoms with van der Waals surface area (Å²) in [5.74, 6) is -0.0961. The van der Waals surface area contributed by atoms with E-state index in [9.17, 15) is 14.7 Å². The molecule has 1 amide bonds. The fourth-order valence-corrected chi connectivity index (χ4v) is 3.97. The zero-order chi connectivity index (χ0) is 18.6. The van der Waals surface area contributed by atoms with Gasteiger partial charge in [-0.3, -0.25) is 9.59 Å². The van der Waals surface area contributed by atoms with Crippen molar-refractivity contribution < 1.29 is 14.7 Å². The van der Waals surface area contributed by atoms with Gasteiger partial charge < -0.3 is 10.4 Å². The molecule has 5 heteroatoms. The average molecular weight is 369 g/mol. The van der Waals surface area contributed by atoms with E-state index in [2.05, 4.69) is 11.6 Å². The van der Waals surface area contributed by atoms with Crippen LogP contribution in [0.2, 0.25) is 0 Å². The van der Waals surface area contributed by atoms with E-state index in [4.69, 9.17) is 0 Å². The number of benzene rings is 2. The molecule has 0 bridgehead atoms. The minimum atomic E-state index is -1.05. The van der Waals surface area contributed by atoms with Crippen molar-refractivity contribution in [3.8, 4) is 0 Å². The van der Waals surface area contributed by atoms with Crippen LogP contribution in [0.25, 0.3) is 0 Å². The van der Waals surface area contributed by atoms with Gasteiger partial charge in [-0.05, 0) is 60.1 Å². The predicted molar refractivity (Wildman–Crippen MR) is 106 cm³/mol. The number of hydrogen-bond donors (Lipinski definition) is 2. The highest BCUT2D eigenvalue weighted by Crippen LogP contribution is 2.40. The fourth-order valence-electron chi connectivity index (χ4n) is 3.53. The van der Waals surface area contributed by atoms with Gasteiger partial charge in [0.05, 0.1) is 5.41 Å². The zero-order valence-corrected chi connectivity index (χ0v) is 15.6. The second-order valence-corrected chi connectivity index (χ2v) is 7.86. The van der Waals surface area contributed by atoms with E-state index in [1.165, 1.54) is 5.56 Å². The Balaban J connectivity index is 1.66. The van der Waals surface area contributed by atoms with Crippen molar-refractivity contribution in [1.29, 1.82) is 0 Å². The van der Waals surface area contributed by atoms with E-state index in [1.54, 1.807) is 11.8 Å². The third kappa shape index (κ3) is 4.10. The number of carbonyl (C=O) groups is 2. The molecule has 136 valence electrons.